The first-order valence-electron chi connectivity index (χ1n) is 13.8. The summed E-state index contributed by atoms with van der Waals surface area (Å²) in [6, 6.07) is 13.3. The normalized spacial score (nSPS) is 22.6. The standard InChI is InChI=1S/C32H35ClN4O2/c1-20-9-12-27-25(17-20)26(19-34(27)3)30-29(23-7-5-6-8-24(23)31(38)35(30)4)32(39)37-15-13-36(14-16-37)28-18-22(33)11-10-21(28)2/h5-12,18-20,29-30H,13-17H2,1-4H3. The molecule has 0 N–H and O–H groups in total. The maximum Gasteiger partial charge on any atom is 0.254 e. The number of amides is 2. The van der Waals surface area contributed by atoms with Crippen LogP contribution >= 0.6 is 11.6 Å². The van der Waals surface area contributed by atoms with Crippen molar-refractivity contribution in [1.29, 1.82) is 0 Å². The van der Waals surface area contributed by atoms with Gasteiger partial charge in [0.1, 0.15) is 0 Å². The number of likely N-dealkylation sites (N-methyl/N-ethyl adjacent to an activating group) is 1. The quantitative estimate of drug-likeness (QED) is 0.442. The SMILES string of the molecule is Cc1ccc(Cl)cc1N1CCN(C(=O)C2c3ccccc3C(=O)N(C)C2c2cn(C)c3c2CC(C)C=C3)CC1. The van der Waals surface area contributed by atoms with E-state index in [-0.39, 0.29) is 17.9 Å². The Bertz CT molecular complexity index is 1480. The first-order valence-corrected chi connectivity index (χ1v) is 14.1. The van der Waals surface area contributed by atoms with Gasteiger partial charge in [0.05, 0.1) is 12.0 Å². The van der Waals surface area contributed by atoms with Crippen LogP contribution in [-0.2, 0) is 18.3 Å². The lowest BCUT2D eigenvalue weighted by molar-refractivity contribution is -0.134. The van der Waals surface area contributed by atoms with Crippen LogP contribution in [0.2, 0.25) is 5.02 Å². The van der Waals surface area contributed by atoms with Gasteiger partial charge in [-0.3, -0.25) is 9.59 Å². The van der Waals surface area contributed by atoms with Gasteiger partial charge in [-0.2, -0.15) is 0 Å². The average molecular weight is 543 g/mol. The number of nitrogens with zero attached hydrogens (tertiary/aromatic N) is 4. The van der Waals surface area contributed by atoms with E-state index in [1.54, 1.807) is 4.90 Å². The van der Waals surface area contributed by atoms with E-state index in [9.17, 15) is 9.59 Å². The molecule has 3 unspecified atom stereocenters. The van der Waals surface area contributed by atoms with Crippen LogP contribution in [0.15, 0.2) is 54.7 Å². The molecule has 0 bridgehead atoms. The van der Waals surface area contributed by atoms with Crippen molar-refractivity contribution in [3.8, 4) is 0 Å². The molecule has 2 amide bonds. The van der Waals surface area contributed by atoms with Crippen molar-refractivity contribution >= 4 is 35.2 Å². The smallest absolute Gasteiger partial charge is 0.254 e. The predicted octanol–water partition coefficient (Wildman–Crippen LogP) is 5.45. The Morgan fingerprint density at radius 1 is 1.00 bits per heavy atom. The third kappa shape index (κ3) is 4.35. The largest absolute Gasteiger partial charge is 0.368 e. The molecule has 6 rings (SSSR count). The van der Waals surface area contributed by atoms with E-state index >= 15 is 0 Å². The van der Waals surface area contributed by atoms with Crippen LogP contribution in [-0.4, -0.2) is 59.4 Å². The van der Waals surface area contributed by atoms with Gasteiger partial charge in [0.2, 0.25) is 5.91 Å². The fourth-order valence-electron chi connectivity index (χ4n) is 6.67. The monoisotopic (exact) mass is 542 g/mol. The Morgan fingerprint density at radius 2 is 1.74 bits per heavy atom. The van der Waals surface area contributed by atoms with Crippen LogP contribution in [0.3, 0.4) is 0 Å². The Kier molecular flexibility index (Phi) is 6.54. The minimum Gasteiger partial charge on any atom is -0.368 e. The highest BCUT2D eigenvalue weighted by atomic mass is 35.5. The van der Waals surface area contributed by atoms with Crippen molar-refractivity contribution in [2.45, 2.75) is 32.2 Å². The maximum absolute atomic E-state index is 14.5. The Balaban J connectivity index is 1.36. The van der Waals surface area contributed by atoms with Gasteiger partial charge in [-0.05, 0) is 65.8 Å². The van der Waals surface area contributed by atoms with Gasteiger partial charge in [0.15, 0.2) is 0 Å². The predicted molar refractivity (Wildman–Crippen MR) is 156 cm³/mol. The van der Waals surface area contributed by atoms with Crippen LogP contribution in [0.4, 0.5) is 5.69 Å². The van der Waals surface area contributed by atoms with Crippen LogP contribution in [0.25, 0.3) is 6.08 Å². The lowest BCUT2D eigenvalue weighted by Crippen LogP contribution is -2.53. The Morgan fingerprint density at radius 3 is 2.51 bits per heavy atom. The van der Waals surface area contributed by atoms with Crippen molar-refractivity contribution in [3.05, 3.63) is 93.3 Å². The number of hydrogen-bond donors (Lipinski definition) is 0. The van der Waals surface area contributed by atoms with Gasteiger partial charge in [0.25, 0.3) is 5.91 Å². The van der Waals surface area contributed by atoms with Crippen LogP contribution in [0, 0.1) is 12.8 Å². The molecule has 2 aromatic carbocycles. The van der Waals surface area contributed by atoms with E-state index < -0.39 is 5.92 Å². The molecule has 6 nitrogen and oxygen atoms in total. The number of carbonyl (C=O) groups is 2. The zero-order valence-electron chi connectivity index (χ0n) is 23.0. The maximum atomic E-state index is 14.5. The molecule has 0 saturated carbocycles. The molecule has 1 fully saturated rings. The van der Waals surface area contributed by atoms with E-state index in [2.05, 4.69) is 48.7 Å². The van der Waals surface area contributed by atoms with Crippen LogP contribution in [0.5, 0.6) is 0 Å². The van der Waals surface area contributed by atoms with E-state index in [0.29, 0.717) is 24.6 Å². The second-order valence-electron chi connectivity index (χ2n) is 11.3. The highest BCUT2D eigenvalue weighted by Crippen LogP contribution is 2.46. The summed E-state index contributed by atoms with van der Waals surface area (Å²) in [6.07, 6.45) is 7.46. The number of piperazine rings is 1. The number of benzene rings is 2. The molecule has 1 saturated heterocycles. The summed E-state index contributed by atoms with van der Waals surface area (Å²) in [4.78, 5) is 34.2. The summed E-state index contributed by atoms with van der Waals surface area (Å²) in [6.45, 7) is 7.04. The third-order valence-corrected chi connectivity index (χ3v) is 8.98. The van der Waals surface area contributed by atoms with Crippen LogP contribution < -0.4 is 4.90 Å². The summed E-state index contributed by atoms with van der Waals surface area (Å²) < 4.78 is 2.14. The van der Waals surface area contributed by atoms with Crippen molar-refractivity contribution in [2.75, 3.05) is 38.1 Å². The second-order valence-corrected chi connectivity index (χ2v) is 11.7. The number of rotatable bonds is 3. The molecule has 2 aliphatic heterocycles. The average Bonchev–Trinajstić information content (AvgIpc) is 3.26. The molecule has 1 aromatic heterocycles. The molecule has 39 heavy (non-hydrogen) atoms. The van der Waals surface area contributed by atoms with Gasteiger partial charge >= 0.3 is 0 Å². The van der Waals surface area contributed by atoms with Gasteiger partial charge in [-0.15, -0.1) is 0 Å². The summed E-state index contributed by atoms with van der Waals surface area (Å²) >= 11 is 6.30. The Labute approximate surface area is 235 Å². The van der Waals surface area contributed by atoms with Gasteiger partial charge in [-0.1, -0.05) is 48.9 Å². The molecule has 3 atom stereocenters. The molecular formula is C32H35ClN4O2. The number of carbonyl (C=O) groups excluding carboxylic acids is 2. The summed E-state index contributed by atoms with van der Waals surface area (Å²) in [5, 5.41) is 0.721. The van der Waals surface area contributed by atoms with E-state index in [0.717, 1.165) is 41.3 Å². The van der Waals surface area contributed by atoms with Crippen molar-refractivity contribution in [1.82, 2.24) is 14.4 Å². The van der Waals surface area contributed by atoms with Crippen LogP contribution in [0.1, 0.15) is 57.2 Å². The van der Waals surface area contributed by atoms with Gasteiger partial charge in [0, 0.05) is 68.4 Å². The number of anilines is 1. The number of hydrogen-bond acceptors (Lipinski definition) is 3. The number of aromatic nitrogens is 1. The van der Waals surface area contributed by atoms with E-state index in [1.807, 2.05) is 54.4 Å². The minimum absolute atomic E-state index is 0.0297. The van der Waals surface area contributed by atoms with Crippen molar-refractivity contribution < 1.29 is 9.59 Å². The van der Waals surface area contributed by atoms with Crippen molar-refractivity contribution in [3.63, 3.8) is 0 Å². The Hall–Kier alpha value is -3.51. The van der Waals surface area contributed by atoms with E-state index in [1.165, 1.54) is 16.8 Å². The second kappa shape index (κ2) is 9.91. The molecule has 3 aromatic rings. The number of halogens is 1. The summed E-state index contributed by atoms with van der Waals surface area (Å²) in [5.41, 5.74) is 7.26. The molecule has 0 spiro atoms. The first kappa shape index (κ1) is 25.8. The molecule has 202 valence electrons. The molecule has 3 aliphatic rings. The fourth-order valence-corrected chi connectivity index (χ4v) is 6.84. The van der Waals surface area contributed by atoms with E-state index in [4.69, 9.17) is 11.6 Å². The topological polar surface area (TPSA) is 48.8 Å². The number of allylic oxidation sites excluding steroid dienone is 1. The fraction of sp³-hybridized carbons (Fsp3) is 0.375. The van der Waals surface area contributed by atoms with Gasteiger partial charge < -0.3 is 19.3 Å². The molecule has 1 aliphatic carbocycles. The molecule has 3 heterocycles. The zero-order chi connectivity index (χ0) is 27.4. The lowest BCUT2D eigenvalue weighted by Gasteiger charge is -2.44. The molecular weight excluding hydrogens is 508 g/mol. The highest BCUT2D eigenvalue weighted by Gasteiger charge is 2.46. The number of aryl methyl sites for hydroxylation is 2. The first-order chi connectivity index (χ1) is 18.7. The highest BCUT2D eigenvalue weighted by molar-refractivity contribution is 6.30. The minimum atomic E-state index is -0.462. The lowest BCUT2D eigenvalue weighted by atomic mass is 9.77. The third-order valence-electron chi connectivity index (χ3n) is 8.75. The van der Waals surface area contributed by atoms with Gasteiger partial charge in [-0.25, -0.2) is 0 Å². The number of fused-ring (bicyclic) bond motifs is 2. The van der Waals surface area contributed by atoms with Crippen molar-refractivity contribution in [2.24, 2.45) is 13.0 Å². The summed E-state index contributed by atoms with van der Waals surface area (Å²) in [5.74, 6) is 0.00736. The molecule has 7 heteroatoms. The molecule has 0 radical (unpaired) electrons. The summed E-state index contributed by atoms with van der Waals surface area (Å²) in [7, 11) is 3.90. The zero-order valence-corrected chi connectivity index (χ0v) is 23.8.